The molecular formula is C9H6IN3O2. The number of rotatable bonds is 1. The number of hydrogen-bond donors (Lipinski definition) is 2. The average molecular weight is 315 g/mol. The van der Waals surface area contributed by atoms with Gasteiger partial charge in [0.1, 0.15) is 9.39 Å². The van der Waals surface area contributed by atoms with Crippen molar-refractivity contribution >= 4 is 22.6 Å². The lowest BCUT2D eigenvalue weighted by atomic mass is 10.3. The molecule has 0 unspecified atom stereocenters. The van der Waals surface area contributed by atoms with Gasteiger partial charge in [0.05, 0.1) is 0 Å². The molecule has 0 fully saturated rings. The maximum absolute atomic E-state index is 11.4. The zero-order chi connectivity index (χ0) is 10.8. The van der Waals surface area contributed by atoms with Crippen LogP contribution in [0.5, 0.6) is 5.88 Å². The van der Waals surface area contributed by atoms with Gasteiger partial charge in [0.15, 0.2) is 0 Å². The minimum atomic E-state index is -0.359. The Hall–Kier alpha value is -1.44. The molecule has 2 aromatic heterocycles. The molecule has 0 saturated carbocycles. The Balaban J connectivity index is 2.61. The molecule has 0 saturated heterocycles. The highest BCUT2D eigenvalue weighted by atomic mass is 127. The molecule has 0 spiro atoms. The van der Waals surface area contributed by atoms with E-state index in [1.807, 2.05) is 0 Å². The molecule has 0 aliphatic rings. The Morgan fingerprint density at radius 1 is 1.47 bits per heavy atom. The smallest absolute Gasteiger partial charge is 0.268 e. The Kier molecular flexibility index (Phi) is 2.67. The monoisotopic (exact) mass is 315 g/mol. The van der Waals surface area contributed by atoms with Gasteiger partial charge in [0, 0.05) is 18.0 Å². The third-order valence-corrected chi connectivity index (χ3v) is 2.75. The van der Waals surface area contributed by atoms with Crippen molar-refractivity contribution in [3.63, 3.8) is 0 Å². The summed E-state index contributed by atoms with van der Waals surface area (Å²) in [7, 11) is 0. The molecule has 2 rings (SSSR count). The van der Waals surface area contributed by atoms with Crippen LogP contribution in [0.1, 0.15) is 0 Å². The summed E-state index contributed by atoms with van der Waals surface area (Å²) < 4.78 is 0.181. The van der Waals surface area contributed by atoms with Gasteiger partial charge in [-0.15, -0.1) is 0 Å². The molecule has 2 N–H and O–H groups in total. The van der Waals surface area contributed by atoms with E-state index in [-0.39, 0.29) is 15.0 Å². The molecule has 5 nitrogen and oxygen atoms in total. The molecule has 6 heteroatoms. The number of aromatic nitrogens is 3. The van der Waals surface area contributed by atoms with Gasteiger partial charge in [-0.05, 0) is 34.7 Å². The van der Waals surface area contributed by atoms with E-state index in [0.29, 0.717) is 11.4 Å². The predicted octanol–water partition coefficient (Wildman–Crippen LogP) is 1.14. The van der Waals surface area contributed by atoms with E-state index in [4.69, 9.17) is 0 Å². The summed E-state index contributed by atoms with van der Waals surface area (Å²) in [4.78, 5) is 21.7. The van der Waals surface area contributed by atoms with Gasteiger partial charge >= 0.3 is 0 Å². The van der Waals surface area contributed by atoms with Crippen molar-refractivity contribution in [3.8, 4) is 17.3 Å². The lowest BCUT2D eigenvalue weighted by Gasteiger charge is -2.01. The molecule has 0 radical (unpaired) electrons. The van der Waals surface area contributed by atoms with Crippen molar-refractivity contribution in [1.82, 2.24) is 15.0 Å². The molecule has 15 heavy (non-hydrogen) atoms. The van der Waals surface area contributed by atoms with Crippen molar-refractivity contribution in [2.75, 3.05) is 0 Å². The molecule has 0 amide bonds. The maximum Gasteiger partial charge on any atom is 0.268 e. The summed E-state index contributed by atoms with van der Waals surface area (Å²) >= 11 is 1.73. The third-order valence-electron chi connectivity index (χ3n) is 1.78. The fourth-order valence-electron chi connectivity index (χ4n) is 1.09. The minimum Gasteiger partial charge on any atom is -0.492 e. The Labute approximate surface area is 98.4 Å². The molecule has 2 heterocycles. The van der Waals surface area contributed by atoms with E-state index in [2.05, 4.69) is 15.0 Å². The lowest BCUT2D eigenvalue weighted by molar-refractivity contribution is 0.447. The Morgan fingerprint density at radius 3 is 2.87 bits per heavy atom. The van der Waals surface area contributed by atoms with Crippen LogP contribution in [-0.4, -0.2) is 20.1 Å². The number of H-pyrrole nitrogens is 1. The van der Waals surface area contributed by atoms with Crippen LogP contribution in [0.2, 0.25) is 0 Å². The van der Waals surface area contributed by atoms with Crippen LogP contribution in [0.15, 0.2) is 29.3 Å². The first-order valence-electron chi connectivity index (χ1n) is 4.07. The van der Waals surface area contributed by atoms with Crippen molar-refractivity contribution < 1.29 is 5.11 Å². The summed E-state index contributed by atoms with van der Waals surface area (Å²) in [5.41, 5.74) is 0.295. The largest absolute Gasteiger partial charge is 0.492 e. The van der Waals surface area contributed by atoms with Crippen LogP contribution in [0.4, 0.5) is 0 Å². The number of pyridine rings is 1. The van der Waals surface area contributed by atoms with E-state index in [0.717, 1.165) is 0 Å². The van der Waals surface area contributed by atoms with Crippen LogP contribution in [0, 0.1) is 3.57 Å². The number of aromatic amines is 1. The van der Waals surface area contributed by atoms with Crippen molar-refractivity contribution in [2.45, 2.75) is 0 Å². The molecular weight excluding hydrogens is 309 g/mol. The molecule has 2 aromatic rings. The van der Waals surface area contributed by atoms with Crippen molar-refractivity contribution in [2.24, 2.45) is 0 Å². The molecule has 0 bridgehead atoms. The van der Waals surface area contributed by atoms with Crippen molar-refractivity contribution in [1.29, 1.82) is 0 Å². The van der Waals surface area contributed by atoms with Gasteiger partial charge in [-0.3, -0.25) is 9.78 Å². The molecule has 0 aliphatic heterocycles. The second-order valence-electron chi connectivity index (χ2n) is 2.79. The first-order valence-corrected chi connectivity index (χ1v) is 5.15. The molecule has 0 atom stereocenters. The summed E-state index contributed by atoms with van der Waals surface area (Å²) in [6.07, 6.45) is 3.18. The van der Waals surface area contributed by atoms with Crippen LogP contribution in [0.3, 0.4) is 0 Å². The second kappa shape index (κ2) is 3.97. The van der Waals surface area contributed by atoms with Gasteiger partial charge in [0.25, 0.3) is 5.56 Å². The quantitative estimate of drug-likeness (QED) is 0.774. The van der Waals surface area contributed by atoms with Crippen LogP contribution < -0.4 is 5.56 Å². The van der Waals surface area contributed by atoms with Crippen molar-refractivity contribution in [3.05, 3.63) is 38.5 Å². The zero-order valence-corrected chi connectivity index (χ0v) is 9.59. The summed E-state index contributed by atoms with van der Waals surface area (Å²) in [5, 5.41) is 9.38. The van der Waals surface area contributed by atoms with Gasteiger partial charge in [-0.25, -0.2) is 0 Å². The fourth-order valence-corrected chi connectivity index (χ4v) is 1.34. The van der Waals surface area contributed by atoms with E-state index in [1.54, 1.807) is 47.1 Å². The summed E-state index contributed by atoms with van der Waals surface area (Å²) in [6.45, 7) is 0. The van der Waals surface area contributed by atoms with Crippen LogP contribution in [0.25, 0.3) is 11.4 Å². The van der Waals surface area contributed by atoms with E-state index < -0.39 is 0 Å². The van der Waals surface area contributed by atoms with Crippen LogP contribution >= 0.6 is 22.6 Å². The van der Waals surface area contributed by atoms with Gasteiger partial charge in [-0.1, -0.05) is 0 Å². The fraction of sp³-hybridized carbons (Fsp3) is 0. The first kappa shape index (κ1) is 10.1. The zero-order valence-electron chi connectivity index (χ0n) is 7.44. The standard InChI is InChI=1S/C9H6IN3O2/c10-6-8(14)12-7(13-9(6)15)5-2-1-3-11-4-5/h1-4H,(H2,12,13,14,15). The Morgan fingerprint density at radius 2 is 2.27 bits per heavy atom. The highest BCUT2D eigenvalue weighted by molar-refractivity contribution is 14.1. The number of hydrogen-bond acceptors (Lipinski definition) is 4. The third kappa shape index (κ3) is 1.99. The second-order valence-corrected chi connectivity index (χ2v) is 3.87. The summed E-state index contributed by atoms with van der Waals surface area (Å²) in [5.74, 6) is 0.0456. The highest BCUT2D eigenvalue weighted by Gasteiger charge is 2.08. The predicted molar refractivity (Wildman–Crippen MR) is 62.5 cm³/mol. The highest BCUT2D eigenvalue weighted by Crippen LogP contribution is 2.17. The number of halogens is 1. The van der Waals surface area contributed by atoms with E-state index >= 15 is 0 Å². The molecule has 0 aromatic carbocycles. The lowest BCUT2D eigenvalue weighted by Crippen LogP contribution is -2.12. The SMILES string of the molecule is O=c1[nH]c(-c2cccnc2)nc(O)c1I. The number of nitrogens with one attached hydrogen (secondary N) is 1. The van der Waals surface area contributed by atoms with E-state index in [9.17, 15) is 9.90 Å². The van der Waals surface area contributed by atoms with Gasteiger partial charge in [0.2, 0.25) is 5.88 Å². The number of nitrogens with zero attached hydrogens (tertiary/aromatic N) is 2. The van der Waals surface area contributed by atoms with Gasteiger partial charge in [-0.2, -0.15) is 4.98 Å². The first-order chi connectivity index (χ1) is 7.18. The molecule has 76 valence electrons. The van der Waals surface area contributed by atoms with E-state index in [1.165, 1.54) is 0 Å². The maximum atomic E-state index is 11.4. The topological polar surface area (TPSA) is 78.9 Å². The van der Waals surface area contributed by atoms with Gasteiger partial charge < -0.3 is 10.1 Å². The molecule has 0 aliphatic carbocycles. The summed E-state index contributed by atoms with van der Waals surface area (Å²) in [6, 6.07) is 3.47. The minimum absolute atomic E-state index is 0.181. The van der Waals surface area contributed by atoms with Crippen LogP contribution in [-0.2, 0) is 0 Å². The Bertz CT molecular complexity index is 539. The number of aromatic hydroxyl groups is 1. The average Bonchev–Trinajstić information content (AvgIpc) is 2.26. The normalized spacial score (nSPS) is 10.2.